The maximum atomic E-state index is 5.27. The van der Waals surface area contributed by atoms with Crippen molar-refractivity contribution in [3.8, 4) is 0 Å². The largest absolute Gasteiger partial charge is 0.376 e. The van der Waals surface area contributed by atoms with E-state index in [1.54, 1.807) is 18.5 Å². The molecule has 1 aromatic rings. The SMILES string of the molecule is NC(=S)Nc1ccncc1Br. The molecule has 0 aliphatic carbocycles. The zero-order chi connectivity index (χ0) is 8.27. The van der Waals surface area contributed by atoms with Crippen LogP contribution < -0.4 is 11.1 Å². The number of hydrogen-bond acceptors (Lipinski definition) is 2. The van der Waals surface area contributed by atoms with E-state index in [-0.39, 0.29) is 5.11 Å². The number of nitrogens with two attached hydrogens (primary N) is 1. The zero-order valence-corrected chi connectivity index (χ0v) is 7.95. The first-order valence-electron chi connectivity index (χ1n) is 2.86. The highest BCUT2D eigenvalue weighted by atomic mass is 79.9. The Morgan fingerprint density at radius 3 is 3.00 bits per heavy atom. The molecule has 0 saturated carbocycles. The molecule has 1 aromatic heterocycles. The summed E-state index contributed by atoms with van der Waals surface area (Å²) in [6.45, 7) is 0. The van der Waals surface area contributed by atoms with E-state index >= 15 is 0 Å². The summed E-state index contributed by atoms with van der Waals surface area (Å²) < 4.78 is 0.841. The Bertz CT molecular complexity index is 276. The van der Waals surface area contributed by atoms with Crippen molar-refractivity contribution in [2.75, 3.05) is 5.32 Å². The summed E-state index contributed by atoms with van der Waals surface area (Å²) in [4.78, 5) is 3.88. The second kappa shape index (κ2) is 3.64. The summed E-state index contributed by atoms with van der Waals surface area (Å²) in [6, 6.07) is 1.78. The number of anilines is 1. The lowest BCUT2D eigenvalue weighted by molar-refractivity contribution is 1.31. The van der Waals surface area contributed by atoms with Gasteiger partial charge in [-0.1, -0.05) is 0 Å². The average molecular weight is 232 g/mol. The Balaban J connectivity index is 2.86. The molecule has 0 bridgehead atoms. The molecule has 0 aromatic carbocycles. The topological polar surface area (TPSA) is 50.9 Å². The zero-order valence-electron chi connectivity index (χ0n) is 5.54. The van der Waals surface area contributed by atoms with Crippen molar-refractivity contribution in [3.05, 3.63) is 22.9 Å². The van der Waals surface area contributed by atoms with Crippen molar-refractivity contribution in [2.45, 2.75) is 0 Å². The van der Waals surface area contributed by atoms with Crippen LogP contribution in [0.3, 0.4) is 0 Å². The van der Waals surface area contributed by atoms with Crippen LogP contribution in [0.4, 0.5) is 5.69 Å². The summed E-state index contributed by atoms with van der Waals surface area (Å²) in [5.41, 5.74) is 6.10. The van der Waals surface area contributed by atoms with Crippen LogP contribution in [0.15, 0.2) is 22.9 Å². The molecule has 0 atom stereocenters. The Hall–Kier alpha value is -0.680. The van der Waals surface area contributed by atoms with Crippen LogP contribution in [-0.2, 0) is 0 Å². The summed E-state index contributed by atoms with van der Waals surface area (Å²) in [6.07, 6.45) is 3.33. The van der Waals surface area contributed by atoms with Crippen molar-refractivity contribution in [3.63, 3.8) is 0 Å². The van der Waals surface area contributed by atoms with E-state index < -0.39 is 0 Å². The standard InChI is InChI=1S/C6H6BrN3S/c7-4-3-9-2-1-5(4)10-6(8)11/h1-3H,(H3,8,9,10,11). The highest BCUT2D eigenvalue weighted by molar-refractivity contribution is 9.10. The van der Waals surface area contributed by atoms with Gasteiger partial charge in [-0.05, 0) is 34.2 Å². The van der Waals surface area contributed by atoms with Gasteiger partial charge in [-0.2, -0.15) is 0 Å². The number of pyridine rings is 1. The van der Waals surface area contributed by atoms with Gasteiger partial charge in [0.05, 0.1) is 10.2 Å². The third-order valence-electron chi connectivity index (χ3n) is 1.03. The minimum atomic E-state index is 0.247. The molecule has 1 rings (SSSR count). The van der Waals surface area contributed by atoms with Crippen LogP contribution >= 0.6 is 28.1 Å². The Morgan fingerprint density at radius 1 is 1.73 bits per heavy atom. The number of rotatable bonds is 1. The van der Waals surface area contributed by atoms with Crippen LogP contribution in [0.25, 0.3) is 0 Å². The Kier molecular flexibility index (Phi) is 2.78. The van der Waals surface area contributed by atoms with Crippen molar-refractivity contribution in [1.29, 1.82) is 0 Å². The minimum absolute atomic E-state index is 0.247. The molecular weight excluding hydrogens is 226 g/mol. The molecule has 0 radical (unpaired) electrons. The van der Waals surface area contributed by atoms with E-state index in [1.807, 2.05) is 0 Å². The molecule has 0 amide bonds. The summed E-state index contributed by atoms with van der Waals surface area (Å²) >= 11 is 7.95. The van der Waals surface area contributed by atoms with Gasteiger partial charge in [0.1, 0.15) is 0 Å². The molecule has 0 saturated heterocycles. The Morgan fingerprint density at radius 2 is 2.45 bits per heavy atom. The van der Waals surface area contributed by atoms with Crippen molar-refractivity contribution < 1.29 is 0 Å². The predicted octanol–water partition coefficient (Wildman–Crippen LogP) is 1.50. The molecule has 11 heavy (non-hydrogen) atoms. The monoisotopic (exact) mass is 231 g/mol. The Labute approximate surface area is 78.1 Å². The molecule has 0 fully saturated rings. The van der Waals surface area contributed by atoms with Crippen LogP contribution in [-0.4, -0.2) is 10.1 Å². The highest BCUT2D eigenvalue weighted by Gasteiger charge is 1.97. The molecule has 0 aliphatic rings. The molecule has 3 nitrogen and oxygen atoms in total. The fourth-order valence-corrected chi connectivity index (χ4v) is 1.07. The van der Waals surface area contributed by atoms with Gasteiger partial charge in [-0.3, -0.25) is 4.98 Å². The third-order valence-corrected chi connectivity index (χ3v) is 1.76. The number of thiocarbonyl (C=S) groups is 1. The molecule has 1 heterocycles. The molecule has 0 aliphatic heterocycles. The molecule has 5 heteroatoms. The first-order chi connectivity index (χ1) is 5.20. The number of halogens is 1. The van der Waals surface area contributed by atoms with Crippen molar-refractivity contribution in [1.82, 2.24) is 4.98 Å². The van der Waals surface area contributed by atoms with Gasteiger partial charge >= 0.3 is 0 Å². The first kappa shape index (κ1) is 8.42. The van der Waals surface area contributed by atoms with Gasteiger partial charge in [0.15, 0.2) is 5.11 Å². The van der Waals surface area contributed by atoms with E-state index in [2.05, 4.69) is 38.4 Å². The number of nitrogens with one attached hydrogen (secondary N) is 1. The van der Waals surface area contributed by atoms with Gasteiger partial charge in [0.2, 0.25) is 0 Å². The fraction of sp³-hybridized carbons (Fsp3) is 0. The van der Waals surface area contributed by atoms with E-state index in [0.29, 0.717) is 0 Å². The lowest BCUT2D eigenvalue weighted by Crippen LogP contribution is -2.19. The van der Waals surface area contributed by atoms with Crippen molar-refractivity contribution in [2.24, 2.45) is 5.73 Å². The van der Waals surface area contributed by atoms with E-state index in [9.17, 15) is 0 Å². The predicted molar refractivity (Wildman–Crippen MR) is 52.3 cm³/mol. The second-order valence-electron chi connectivity index (χ2n) is 1.84. The lowest BCUT2D eigenvalue weighted by Gasteiger charge is -2.03. The minimum Gasteiger partial charge on any atom is -0.376 e. The molecule has 58 valence electrons. The first-order valence-corrected chi connectivity index (χ1v) is 4.06. The van der Waals surface area contributed by atoms with E-state index in [4.69, 9.17) is 5.73 Å². The van der Waals surface area contributed by atoms with Gasteiger partial charge in [0, 0.05) is 12.4 Å². The second-order valence-corrected chi connectivity index (χ2v) is 3.14. The lowest BCUT2D eigenvalue weighted by atomic mass is 10.4. The van der Waals surface area contributed by atoms with E-state index in [1.165, 1.54) is 0 Å². The normalized spacial score (nSPS) is 9.18. The highest BCUT2D eigenvalue weighted by Crippen LogP contribution is 2.19. The number of nitrogens with zero attached hydrogens (tertiary/aromatic N) is 1. The van der Waals surface area contributed by atoms with Gasteiger partial charge in [0.25, 0.3) is 0 Å². The van der Waals surface area contributed by atoms with Crippen molar-refractivity contribution >= 4 is 38.9 Å². The smallest absolute Gasteiger partial charge is 0.168 e. The summed E-state index contributed by atoms with van der Waals surface area (Å²) in [7, 11) is 0. The quantitative estimate of drug-likeness (QED) is 0.720. The number of hydrogen-bond donors (Lipinski definition) is 2. The molecular formula is C6H6BrN3S. The molecule has 3 N–H and O–H groups in total. The maximum Gasteiger partial charge on any atom is 0.168 e. The van der Waals surface area contributed by atoms with Crippen LogP contribution in [0.2, 0.25) is 0 Å². The number of aromatic nitrogens is 1. The maximum absolute atomic E-state index is 5.27. The fourth-order valence-electron chi connectivity index (χ4n) is 0.609. The average Bonchev–Trinajstić information content (AvgIpc) is 1.93. The van der Waals surface area contributed by atoms with Crippen LogP contribution in [0.1, 0.15) is 0 Å². The van der Waals surface area contributed by atoms with Gasteiger partial charge < -0.3 is 11.1 Å². The third kappa shape index (κ3) is 2.44. The van der Waals surface area contributed by atoms with Crippen LogP contribution in [0.5, 0.6) is 0 Å². The summed E-state index contributed by atoms with van der Waals surface area (Å²) in [5, 5.41) is 3.04. The van der Waals surface area contributed by atoms with Gasteiger partial charge in [-0.15, -0.1) is 0 Å². The van der Waals surface area contributed by atoms with E-state index in [0.717, 1.165) is 10.2 Å². The van der Waals surface area contributed by atoms with Gasteiger partial charge in [-0.25, -0.2) is 0 Å². The molecule has 0 unspecified atom stereocenters. The molecule has 0 spiro atoms. The van der Waals surface area contributed by atoms with Crippen LogP contribution in [0, 0.1) is 0 Å². The summed E-state index contributed by atoms with van der Waals surface area (Å²) in [5.74, 6) is 0.